The molecule has 5 aliphatic rings. The molecule has 0 amide bonds. The van der Waals surface area contributed by atoms with Crippen LogP contribution in [0.4, 0.5) is 0 Å². The predicted molar refractivity (Wildman–Crippen MR) is 86.6 cm³/mol. The minimum absolute atomic E-state index is 0.194. The molecule has 0 radical (unpaired) electrons. The molecule has 5 rings (SSSR count). The van der Waals surface area contributed by atoms with Gasteiger partial charge in [0.2, 0.25) is 0 Å². The van der Waals surface area contributed by atoms with Gasteiger partial charge in [-0.3, -0.25) is 0 Å². The minimum Gasteiger partial charge on any atom is -0.381 e. The van der Waals surface area contributed by atoms with Gasteiger partial charge < -0.3 is 9.47 Å². The van der Waals surface area contributed by atoms with Crippen molar-refractivity contribution in [3.8, 4) is 0 Å². The van der Waals surface area contributed by atoms with E-state index in [-0.39, 0.29) is 5.60 Å². The summed E-state index contributed by atoms with van der Waals surface area (Å²) in [7, 11) is 1.89. The fourth-order valence-corrected chi connectivity index (χ4v) is 7.83. The van der Waals surface area contributed by atoms with Crippen LogP contribution in [0.5, 0.6) is 0 Å². The molecule has 0 N–H and O–H groups in total. The molecule has 0 bridgehead atoms. The van der Waals surface area contributed by atoms with Crippen LogP contribution in [-0.2, 0) is 9.47 Å². The van der Waals surface area contributed by atoms with Gasteiger partial charge in [0, 0.05) is 18.9 Å². The molecular weight excluding hydrogens is 272 g/mol. The summed E-state index contributed by atoms with van der Waals surface area (Å²) in [4.78, 5) is 0. The minimum atomic E-state index is 0.194. The highest BCUT2D eigenvalue weighted by atomic mass is 16.6. The van der Waals surface area contributed by atoms with E-state index >= 15 is 0 Å². The lowest BCUT2D eigenvalue weighted by Crippen LogP contribution is -2.58. The number of hydrogen-bond acceptors (Lipinski definition) is 2. The van der Waals surface area contributed by atoms with E-state index in [1.807, 2.05) is 7.11 Å². The Kier molecular flexibility index (Phi) is 2.79. The number of fused-ring (bicyclic) bond motifs is 4. The van der Waals surface area contributed by atoms with Crippen LogP contribution in [0.1, 0.15) is 71.6 Å². The molecule has 5 fully saturated rings. The summed E-state index contributed by atoms with van der Waals surface area (Å²) in [6.07, 6.45) is 13.5. The largest absolute Gasteiger partial charge is 0.381 e. The van der Waals surface area contributed by atoms with Crippen molar-refractivity contribution in [2.24, 2.45) is 28.6 Å². The molecule has 1 aliphatic heterocycles. The van der Waals surface area contributed by atoms with Crippen LogP contribution in [0.2, 0.25) is 0 Å². The van der Waals surface area contributed by atoms with E-state index in [9.17, 15) is 0 Å². The molecule has 2 nitrogen and oxygen atoms in total. The summed E-state index contributed by atoms with van der Waals surface area (Å²) in [6.45, 7) is 5.19. The number of hydrogen-bond donors (Lipinski definition) is 0. The Bertz CT molecular complexity index is 490. The van der Waals surface area contributed by atoms with Gasteiger partial charge in [0.15, 0.2) is 0 Å². The average Bonchev–Trinajstić information content (AvgIpc) is 3.05. The first-order valence-corrected chi connectivity index (χ1v) is 9.73. The van der Waals surface area contributed by atoms with E-state index in [1.165, 1.54) is 51.4 Å². The van der Waals surface area contributed by atoms with Gasteiger partial charge in [0.1, 0.15) is 5.60 Å². The molecule has 0 aromatic heterocycles. The summed E-state index contributed by atoms with van der Waals surface area (Å²) < 4.78 is 12.2. The summed E-state index contributed by atoms with van der Waals surface area (Å²) in [5.41, 5.74) is 1.29. The fraction of sp³-hybridized carbons (Fsp3) is 1.00. The summed E-state index contributed by atoms with van der Waals surface area (Å²) >= 11 is 0. The summed E-state index contributed by atoms with van der Waals surface area (Å²) in [5, 5.41) is 0. The maximum Gasteiger partial charge on any atom is 0.103 e. The highest BCUT2D eigenvalue weighted by Gasteiger charge is 2.75. The molecule has 1 saturated heterocycles. The van der Waals surface area contributed by atoms with Crippen molar-refractivity contribution in [3.05, 3.63) is 0 Å². The van der Waals surface area contributed by atoms with E-state index < -0.39 is 0 Å². The second-order valence-corrected chi connectivity index (χ2v) is 9.71. The van der Waals surface area contributed by atoms with Crippen molar-refractivity contribution < 1.29 is 9.47 Å². The third kappa shape index (κ3) is 1.55. The third-order valence-electron chi connectivity index (χ3n) is 9.15. The van der Waals surface area contributed by atoms with E-state index in [0.717, 1.165) is 24.2 Å². The highest BCUT2D eigenvalue weighted by molar-refractivity contribution is 5.23. The lowest BCUT2D eigenvalue weighted by Gasteiger charge is -2.58. The number of methoxy groups -OCH3 is 1. The maximum atomic E-state index is 6.50. The first kappa shape index (κ1) is 14.3. The average molecular weight is 304 g/mol. The Morgan fingerprint density at radius 2 is 1.86 bits per heavy atom. The topological polar surface area (TPSA) is 21.8 Å². The van der Waals surface area contributed by atoms with Gasteiger partial charge in [0.25, 0.3) is 0 Å². The molecule has 22 heavy (non-hydrogen) atoms. The maximum absolute atomic E-state index is 6.50. The van der Waals surface area contributed by atoms with Crippen LogP contribution < -0.4 is 0 Å². The van der Waals surface area contributed by atoms with Gasteiger partial charge in [-0.15, -0.1) is 0 Å². The Hall–Kier alpha value is -0.0800. The van der Waals surface area contributed by atoms with Gasteiger partial charge in [-0.25, -0.2) is 0 Å². The second kappa shape index (κ2) is 4.30. The van der Waals surface area contributed by atoms with Crippen LogP contribution in [0.25, 0.3) is 0 Å². The van der Waals surface area contributed by atoms with Crippen LogP contribution in [0, 0.1) is 28.6 Å². The Balaban J connectivity index is 1.49. The monoisotopic (exact) mass is 304 g/mol. The molecule has 0 unspecified atom stereocenters. The van der Waals surface area contributed by atoms with Crippen LogP contribution in [0.3, 0.4) is 0 Å². The molecular formula is C20H32O2. The normalized spacial score (nSPS) is 62.6. The molecule has 1 heterocycles. The Morgan fingerprint density at radius 3 is 2.68 bits per heavy atom. The zero-order valence-corrected chi connectivity index (χ0v) is 14.6. The standard InChI is InChI=1S/C20H32O2/c1-18-8-4-5-15(18)14-11-17-20(22-17)12-13(21-3)6-10-19(20,2)16(14)7-9-18/h13-17H,4-12H2,1-3H3/t13-,14+,15-,16-,17+,18+,19-,20+/m1/s1. The van der Waals surface area contributed by atoms with Gasteiger partial charge in [-0.05, 0) is 68.1 Å². The Morgan fingerprint density at radius 1 is 1.00 bits per heavy atom. The molecule has 124 valence electrons. The van der Waals surface area contributed by atoms with E-state index in [4.69, 9.17) is 9.47 Å². The molecule has 8 atom stereocenters. The summed E-state index contributed by atoms with van der Waals surface area (Å²) in [6, 6.07) is 0. The van der Waals surface area contributed by atoms with Gasteiger partial charge in [-0.2, -0.15) is 0 Å². The SMILES string of the molecule is CO[C@@H]1CC[C@]2(C)[C@@H]3CC[C@]4(C)CCC[C@@H]4[C@@H]3C[C@@H]3O[C@@]32C1. The zero-order chi connectivity index (χ0) is 15.2. The molecule has 1 spiro atoms. The molecule has 4 aliphatic carbocycles. The number of ether oxygens (including phenoxy) is 2. The van der Waals surface area contributed by atoms with Crippen molar-refractivity contribution in [1.29, 1.82) is 0 Å². The van der Waals surface area contributed by atoms with E-state index in [0.29, 0.717) is 23.0 Å². The Labute approximate surface area is 135 Å². The second-order valence-electron chi connectivity index (χ2n) is 9.71. The third-order valence-corrected chi connectivity index (χ3v) is 9.15. The van der Waals surface area contributed by atoms with Gasteiger partial charge >= 0.3 is 0 Å². The first-order chi connectivity index (χ1) is 10.5. The quantitative estimate of drug-likeness (QED) is 0.662. The van der Waals surface area contributed by atoms with Crippen molar-refractivity contribution in [3.63, 3.8) is 0 Å². The van der Waals surface area contributed by atoms with Gasteiger partial charge in [-0.1, -0.05) is 20.3 Å². The fourth-order valence-electron chi connectivity index (χ4n) is 7.83. The lowest BCUT2D eigenvalue weighted by atomic mass is 9.45. The van der Waals surface area contributed by atoms with E-state index in [1.54, 1.807) is 0 Å². The predicted octanol–water partition coefficient (Wildman–Crippen LogP) is 4.57. The van der Waals surface area contributed by atoms with Crippen molar-refractivity contribution in [1.82, 2.24) is 0 Å². The van der Waals surface area contributed by atoms with E-state index in [2.05, 4.69) is 13.8 Å². The zero-order valence-electron chi connectivity index (χ0n) is 14.6. The van der Waals surface area contributed by atoms with Gasteiger partial charge in [0.05, 0.1) is 12.2 Å². The van der Waals surface area contributed by atoms with Crippen molar-refractivity contribution >= 4 is 0 Å². The smallest absolute Gasteiger partial charge is 0.103 e. The summed E-state index contributed by atoms with van der Waals surface area (Å²) in [5.74, 6) is 2.86. The van der Waals surface area contributed by atoms with Crippen molar-refractivity contribution in [2.75, 3.05) is 7.11 Å². The molecule has 0 aromatic carbocycles. The highest BCUT2D eigenvalue weighted by Crippen LogP contribution is 2.73. The van der Waals surface area contributed by atoms with Crippen molar-refractivity contribution in [2.45, 2.75) is 89.4 Å². The number of epoxide rings is 1. The van der Waals surface area contributed by atoms with Crippen LogP contribution >= 0.6 is 0 Å². The van der Waals surface area contributed by atoms with Crippen LogP contribution in [-0.4, -0.2) is 24.9 Å². The first-order valence-electron chi connectivity index (χ1n) is 9.73. The lowest BCUT2D eigenvalue weighted by molar-refractivity contribution is -0.113. The molecule has 0 aromatic rings. The molecule has 4 saturated carbocycles. The molecule has 2 heteroatoms. The van der Waals surface area contributed by atoms with Crippen LogP contribution in [0.15, 0.2) is 0 Å². The number of rotatable bonds is 1.